The van der Waals surface area contributed by atoms with E-state index >= 15 is 0 Å². The number of hydrogen-bond donors (Lipinski definition) is 0. The summed E-state index contributed by atoms with van der Waals surface area (Å²) in [6.45, 7) is 6.77. The van der Waals surface area contributed by atoms with Gasteiger partial charge in [0, 0.05) is 38.5 Å². The highest BCUT2D eigenvalue weighted by atomic mass is 16.7. The first kappa shape index (κ1) is 74.9. The SMILES string of the molecule is CCCC(=O)OCOC(=O)CCC(C(C)=O)C(=O)OCC(COC(=O)C(C)C(C)=O)OC(=O)C(CCC(=O)OCOC(=O)CCC(C(C)=O)C(=O)OC(CCC(=O)C(C(C)=O)C(=O)OCOC(=O)CCC)COC(=O)C(C)C(C)=O)C(C)=O. The molecule has 0 rings (SSSR count). The molecule has 0 spiro atoms. The number of rotatable bonds is 43. The zero-order chi connectivity index (χ0) is 63.5. The lowest BCUT2D eigenvalue weighted by Crippen LogP contribution is -2.37. The molecule has 0 aromatic rings. The summed E-state index contributed by atoms with van der Waals surface area (Å²) in [5.74, 6) is -26.9. The summed E-state index contributed by atoms with van der Waals surface area (Å²) >= 11 is 0. The molecule has 0 fully saturated rings. The van der Waals surface area contributed by atoms with Gasteiger partial charge in [-0.15, -0.1) is 0 Å². The summed E-state index contributed by atoms with van der Waals surface area (Å²) in [4.78, 5) is 224. The summed E-state index contributed by atoms with van der Waals surface area (Å²) in [7, 11) is 0. The van der Waals surface area contributed by atoms with Crippen molar-refractivity contribution in [3.8, 4) is 0 Å². The van der Waals surface area contributed by atoms with E-state index in [9.17, 15) is 86.3 Å². The van der Waals surface area contributed by atoms with Crippen LogP contribution in [0.15, 0.2) is 0 Å². The van der Waals surface area contributed by atoms with Crippen LogP contribution in [0, 0.1) is 35.5 Å². The maximum atomic E-state index is 13.3. The Balaban J connectivity index is 5.79. The van der Waals surface area contributed by atoms with E-state index in [0.29, 0.717) is 12.8 Å². The van der Waals surface area contributed by atoms with Gasteiger partial charge in [-0.2, -0.15) is 0 Å². The third kappa shape index (κ3) is 31.0. The highest BCUT2D eigenvalue weighted by Gasteiger charge is 2.36. The van der Waals surface area contributed by atoms with Crippen molar-refractivity contribution in [1.82, 2.24) is 0 Å². The number of Topliss-reactive ketones (excluding diaryl/α,β-unsaturated/α-hetero) is 7. The Kier molecular flexibility index (Phi) is 36.2. The highest BCUT2D eigenvalue weighted by molar-refractivity contribution is 6.16. The third-order valence-corrected chi connectivity index (χ3v) is 11.8. The van der Waals surface area contributed by atoms with Crippen molar-refractivity contribution in [3.05, 3.63) is 0 Å². The quantitative estimate of drug-likeness (QED) is 0.0365. The molecule has 0 heterocycles. The fourth-order valence-corrected chi connectivity index (χ4v) is 6.54. The van der Waals surface area contributed by atoms with Crippen molar-refractivity contribution in [2.24, 2.45) is 35.5 Å². The predicted molar refractivity (Wildman–Crippen MR) is 272 cm³/mol. The first-order valence-corrected chi connectivity index (χ1v) is 26.3. The van der Waals surface area contributed by atoms with Crippen LogP contribution in [-0.4, -0.2) is 159 Å². The van der Waals surface area contributed by atoms with E-state index in [2.05, 4.69) is 0 Å². The Morgan fingerprint density at radius 2 is 0.614 bits per heavy atom. The minimum atomic E-state index is -2.00. The summed E-state index contributed by atoms with van der Waals surface area (Å²) in [5.41, 5.74) is 0. The van der Waals surface area contributed by atoms with E-state index in [1.165, 1.54) is 13.8 Å². The van der Waals surface area contributed by atoms with Gasteiger partial charge < -0.3 is 52.1 Å². The Morgan fingerprint density at radius 3 is 0.952 bits per heavy atom. The molecule has 0 aromatic heterocycles. The Bertz CT molecular complexity index is 2370. The summed E-state index contributed by atoms with van der Waals surface area (Å²) < 4.78 is 54.8. The van der Waals surface area contributed by atoms with E-state index in [4.69, 9.17) is 52.1 Å². The average Bonchev–Trinajstić information content (AvgIpc) is 3.43. The van der Waals surface area contributed by atoms with Crippen LogP contribution in [0.3, 0.4) is 0 Å². The summed E-state index contributed by atoms with van der Waals surface area (Å²) in [6.07, 6.45) is -6.85. The molecular formula is C54H74O29. The fraction of sp³-hybridized carbons (Fsp3) is 0.667. The molecule has 29 nitrogen and oxygen atoms in total. The molecule has 8 atom stereocenters. The molecule has 0 aromatic carbocycles. The second-order valence-corrected chi connectivity index (χ2v) is 18.7. The van der Waals surface area contributed by atoms with Crippen LogP contribution >= 0.6 is 0 Å². The van der Waals surface area contributed by atoms with Crippen LogP contribution in [0.25, 0.3) is 0 Å². The molecule has 0 amide bonds. The van der Waals surface area contributed by atoms with Crippen molar-refractivity contribution in [2.75, 3.05) is 40.2 Å². The van der Waals surface area contributed by atoms with Gasteiger partial charge in [-0.3, -0.25) is 86.3 Å². The van der Waals surface area contributed by atoms with Gasteiger partial charge in [0.25, 0.3) is 0 Å². The third-order valence-electron chi connectivity index (χ3n) is 11.8. The Labute approximate surface area is 477 Å². The van der Waals surface area contributed by atoms with Crippen LogP contribution in [-0.2, 0) is 138 Å². The standard InChI is InChI=1S/C54H74O29/c1-11-13-43(62)76-26-77-45(64)20-16-39(33(7)57)51(69)75-25-38(24-74-50(68)30(4)32(6)56)83-53(71)41(35(9)59)18-22-47(66)79-27-78-46(65)21-17-40(34(8)58)52(70)82-37(23-73-49(67)29(3)31(5)55)15-19-42(61)48(36(10)60)54(72)81-28-80-44(63)14-12-2/h29-30,37-41,48H,11-28H2,1-10H3. The smallest absolute Gasteiger partial charge is 0.326 e. The van der Waals surface area contributed by atoms with Crippen molar-refractivity contribution in [3.63, 3.8) is 0 Å². The monoisotopic (exact) mass is 1190 g/mol. The lowest BCUT2D eigenvalue weighted by molar-refractivity contribution is -0.175. The van der Waals surface area contributed by atoms with E-state index < -0.39 is 245 Å². The molecule has 29 heteroatoms. The normalized spacial score (nSPS) is 13.6. The molecule has 0 aliphatic carbocycles. The highest BCUT2D eigenvalue weighted by Crippen LogP contribution is 2.20. The second kappa shape index (κ2) is 40.1. The maximum absolute atomic E-state index is 13.3. The van der Waals surface area contributed by atoms with E-state index in [0.717, 1.165) is 41.5 Å². The van der Waals surface area contributed by atoms with Crippen molar-refractivity contribution in [1.29, 1.82) is 0 Å². The summed E-state index contributed by atoms with van der Waals surface area (Å²) in [5, 5.41) is 0. The lowest BCUT2D eigenvalue weighted by atomic mass is 9.95. The average molecular weight is 1190 g/mol. The number of esters is 11. The second-order valence-electron chi connectivity index (χ2n) is 18.7. The zero-order valence-electron chi connectivity index (χ0n) is 48.2. The van der Waals surface area contributed by atoms with Crippen LogP contribution in [0.1, 0.15) is 146 Å². The molecule has 0 aliphatic heterocycles. The molecule has 0 saturated heterocycles. The molecule has 0 saturated carbocycles. The predicted octanol–water partition coefficient (Wildman–Crippen LogP) is 2.13. The van der Waals surface area contributed by atoms with Crippen LogP contribution in [0.2, 0.25) is 0 Å². The number of carbonyl (C=O) groups is 18. The minimum absolute atomic E-state index is 0.00388. The van der Waals surface area contributed by atoms with Gasteiger partial charge in [0.15, 0.2) is 23.6 Å². The molecule has 8 unspecified atom stereocenters. The van der Waals surface area contributed by atoms with E-state index in [-0.39, 0.29) is 12.8 Å². The van der Waals surface area contributed by atoms with Crippen LogP contribution in [0.5, 0.6) is 0 Å². The van der Waals surface area contributed by atoms with Gasteiger partial charge in [0.05, 0.1) is 0 Å². The molecule has 0 radical (unpaired) electrons. The van der Waals surface area contributed by atoms with E-state index in [1.54, 1.807) is 13.8 Å². The van der Waals surface area contributed by atoms with Crippen LogP contribution < -0.4 is 0 Å². The summed E-state index contributed by atoms with van der Waals surface area (Å²) in [6, 6.07) is 0. The van der Waals surface area contributed by atoms with Gasteiger partial charge in [0.2, 0.25) is 20.4 Å². The Morgan fingerprint density at radius 1 is 0.301 bits per heavy atom. The molecule has 0 N–H and O–H groups in total. The first-order valence-electron chi connectivity index (χ1n) is 26.3. The van der Waals surface area contributed by atoms with Crippen molar-refractivity contribution in [2.45, 2.75) is 158 Å². The largest absolute Gasteiger partial charge is 0.461 e. The van der Waals surface area contributed by atoms with Crippen LogP contribution in [0.4, 0.5) is 0 Å². The van der Waals surface area contributed by atoms with Gasteiger partial charge >= 0.3 is 65.7 Å². The van der Waals surface area contributed by atoms with Gasteiger partial charge in [-0.25, -0.2) is 0 Å². The first-order chi connectivity index (χ1) is 38.9. The van der Waals surface area contributed by atoms with Gasteiger partial charge in [-0.05, 0) is 93.9 Å². The molecule has 0 aliphatic rings. The minimum Gasteiger partial charge on any atom is -0.461 e. The number of ether oxygens (including phenoxy) is 11. The lowest BCUT2D eigenvalue weighted by Gasteiger charge is -2.22. The molecular weight excluding hydrogens is 1110 g/mol. The number of carbonyl (C=O) groups excluding carboxylic acids is 18. The Hall–Kier alpha value is -8.14. The van der Waals surface area contributed by atoms with E-state index in [1.807, 2.05) is 0 Å². The van der Waals surface area contributed by atoms with Crippen molar-refractivity contribution >= 4 is 106 Å². The maximum Gasteiger partial charge on any atom is 0.326 e. The topological polar surface area (TPSA) is 409 Å². The molecule has 83 heavy (non-hydrogen) atoms. The van der Waals surface area contributed by atoms with Gasteiger partial charge in [0.1, 0.15) is 84.4 Å². The fourth-order valence-electron chi connectivity index (χ4n) is 6.54. The zero-order valence-corrected chi connectivity index (χ0v) is 48.2. The number of hydrogen-bond acceptors (Lipinski definition) is 29. The van der Waals surface area contributed by atoms with Gasteiger partial charge in [-0.1, -0.05) is 13.8 Å². The molecule has 0 bridgehead atoms. The van der Waals surface area contributed by atoms with Crippen molar-refractivity contribution < 1.29 is 138 Å². The number of ketones is 7. The molecule has 464 valence electrons.